The molecule has 5 rings (SSSR count). The summed E-state index contributed by atoms with van der Waals surface area (Å²) >= 11 is 0. The first-order valence-corrected chi connectivity index (χ1v) is 12.5. The molecule has 8 nitrogen and oxygen atoms in total. The van der Waals surface area contributed by atoms with E-state index in [0.717, 1.165) is 25.1 Å². The summed E-state index contributed by atoms with van der Waals surface area (Å²) in [4.78, 5) is 32.0. The number of hydrogen-bond acceptors (Lipinski definition) is 6. The monoisotopic (exact) mass is 582 g/mol. The van der Waals surface area contributed by atoms with Crippen molar-refractivity contribution in [3.05, 3.63) is 80.6 Å². The highest BCUT2D eigenvalue weighted by Crippen LogP contribution is 2.38. The minimum Gasteiger partial charge on any atom is -0.380 e. The zero-order valence-electron chi connectivity index (χ0n) is 21.0. The molecule has 15 heteroatoms. The van der Waals surface area contributed by atoms with Gasteiger partial charge in [-0.3, -0.25) is 9.59 Å². The molecule has 1 atom stereocenters. The summed E-state index contributed by atoms with van der Waals surface area (Å²) in [5.41, 5.74) is -4.89. The number of pyridine rings is 1. The fourth-order valence-corrected chi connectivity index (χ4v) is 4.66. The van der Waals surface area contributed by atoms with Crippen molar-refractivity contribution in [1.82, 2.24) is 24.7 Å². The van der Waals surface area contributed by atoms with E-state index in [1.54, 1.807) is 5.10 Å². The number of fused-ring (bicyclic) bond motifs is 1. The largest absolute Gasteiger partial charge is 0.423 e. The summed E-state index contributed by atoms with van der Waals surface area (Å²) in [7, 11) is 0. The summed E-state index contributed by atoms with van der Waals surface area (Å²) in [6, 6.07) is 3.40. The molecule has 0 saturated heterocycles. The van der Waals surface area contributed by atoms with Crippen LogP contribution < -0.4 is 16.4 Å². The van der Waals surface area contributed by atoms with Crippen LogP contribution in [0, 0.1) is 11.7 Å². The van der Waals surface area contributed by atoms with Gasteiger partial charge in [0, 0.05) is 31.2 Å². The second kappa shape index (κ2) is 10.6. The Balaban J connectivity index is 1.32. The van der Waals surface area contributed by atoms with E-state index in [-0.39, 0.29) is 35.3 Å². The van der Waals surface area contributed by atoms with Gasteiger partial charge in [0.15, 0.2) is 5.82 Å². The summed E-state index contributed by atoms with van der Waals surface area (Å²) in [6.45, 7) is 0.185. The molecule has 1 saturated carbocycles. The lowest BCUT2D eigenvalue weighted by atomic mass is 10.0. The Kier molecular flexibility index (Phi) is 7.30. The van der Waals surface area contributed by atoms with Gasteiger partial charge in [-0.05, 0) is 55.2 Å². The zero-order valence-corrected chi connectivity index (χ0v) is 21.0. The van der Waals surface area contributed by atoms with Crippen molar-refractivity contribution in [2.45, 2.75) is 50.6 Å². The molecule has 1 aliphatic rings. The fourth-order valence-electron chi connectivity index (χ4n) is 4.66. The van der Waals surface area contributed by atoms with Crippen LogP contribution in [0.15, 0.2) is 52.6 Å². The summed E-state index contributed by atoms with van der Waals surface area (Å²) in [5, 5.41) is 8.44. The van der Waals surface area contributed by atoms with E-state index in [0.29, 0.717) is 30.6 Å². The number of anilines is 1. The normalized spacial score (nSPS) is 14.8. The van der Waals surface area contributed by atoms with Crippen LogP contribution in [0.25, 0.3) is 22.2 Å². The van der Waals surface area contributed by atoms with Gasteiger partial charge in [0.1, 0.15) is 11.4 Å². The average Bonchev–Trinajstić information content (AvgIpc) is 3.74. The molecule has 0 amide bonds. The molecule has 216 valence electrons. The molecule has 1 aromatic carbocycles. The van der Waals surface area contributed by atoms with Crippen LogP contribution in [0.2, 0.25) is 0 Å². The predicted octanol–water partition coefficient (Wildman–Crippen LogP) is 5.39. The SMILES string of the molecule is O=c1[nH]ncc(N[C@H](CCCn2ccc3cc(-c4ncc(C(F)(F)F)cn4)c(F)cc3c2=O)C2CC2)c1C(F)(F)F. The molecule has 41 heavy (non-hydrogen) atoms. The maximum atomic E-state index is 14.9. The van der Waals surface area contributed by atoms with Crippen LogP contribution in [-0.2, 0) is 18.9 Å². The van der Waals surface area contributed by atoms with E-state index in [4.69, 9.17) is 0 Å². The zero-order chi connectivity index (χ0) is 29.5. The van der Waals surface area contributed by atoms with Gasteiger partial charge in [0.05, 0.1) is 28.4 Å². The Bertz CT molecular complexity index is 1690. The fraction of sp³-hybridized carbons (Fsp3) is 0.346. The Morgan fingerprint density at radius 2 is 1.73 bits per heavy atom. The number of hydrogen-bond donors (Lipinski definition) is 2. The van der Waals surface area contributed by atoms with Crippen LogP contribution in [0.5, 0.6) is 0 Å². The van der Waals surface area contributed by atoms with Crippen molar-refractivity contribution in [1.29, 1.82) is 0 Å². The maximum Gasteiger partial charge on any atom is 0.423 e. The van der Waals surface area contributed by atoms with E-state index < -0.39 is 46.1 Å². The summed E-state index contributed by atoms with van der Waals surface area (Å²) < 4.78 is 94.9. The van der Waals surface area contributed by atoms with Crippen molar-refractivity contribution in [2.24, 2.45) is 5.92 Å². The first kappa shape index (κ1) is 28.2. The first-order chi connectivity index (χ1) is 19.3. The topological polar surface area (TPSA) is 106 Å². The molecule has 0 unspecified atom stereocenters. The first-order valence-electron chi connectivity index (χ1n) is 12.5. The van der Waals surface area contributed by atoms with E-state index in [1.807, 2.05) is 0 Å². The van der Waals surface area contributed by atoms with Crippen LogP contribution >= 0.6 is 0 Å². The molecule has 0 radical (unpaired) electrons. The smallest absolute Gasteiger partial charge is 0.380 e. The van der Waals surface area contributed by atoms with Crippen LogP contribution in [0.1, 0.15) is 36.8 Å². The number of benzene rings is 1. The highest BCUT2D eigenvalue weighted by atomic mass is 19.4. The number of aromatic amines is 1. The van der Waals surface area contributed by atoms with E-state index in [1.165, 1.54) is 22.9 Å². The third kappa shape index (κ3) is 6.07. The number of nitrogens with zero attached hydrogens (tertiary/aromatic N) is 4. The summed E-state index contributed by atoms with van der Waals surface area (Å²) in [6.07, 6.45) is -3.66. The number of alkyl halides is 6. The van der Waals surface area contributed by atoms with Crippen LogP contribution in [0.4, 0.5) is 36.4 Å². The van der Waals surface area contributed by atoms with Gasteiger partial charge in [-0.2, -0.15) is 31.4 Å². The number of aryl methyl sites for hydroxylation is 1. The Hall–Kier alpha value is -4.30. The molecule has 2 N–H and O–H groups in total. The van der Waals surface area contributed by atoms with E-state index in [2.05, 4.69) is 20.4 Å². The lowest BCUT2D eigenvalue weighted by Crippen LogP contribution is -2.29. The van der Waals surface area contributed by atoms with Gasteiger partial charge in [-0.15, -0.1) is 0 Å². The molecular weight excluding hydrogens is 561 g/mol. The Morgan fingerprint density at radius 1 is 1.02 bits per heavy atom. The highest BCUT2D eigenvalue weighted by molar-refractivity contribution is 5.86. The van der Waals surface area contributed by atoms with Gasteiger partial charge < -0.3 is 9.88 Å². The van der Waals surface area contributed by atoms with Gasteiger partial charge in [-0.25, -0.2) is 19.5 Å². The molecule has 3 heterocycles. The van der Waals surface area contributed by atoms with Gasteiger partial charge in [-0.1, -0.05) is 0 Å². The van der Waals surface area contributed by atoms with Gasteiger partial charge >= 0.3 is 12.4 Å². The highest BCUT2D eigenvalue weighted by Gasteiger charge is 2.39. The molecule has 0 bridgehead atoms. The van der Waals surface area contributed by atoms with Crippen molar-refractivity contribution >= 4 is 16.5 Å². The predicted molar refractivity (Wildman–Crippen MR) is 133 cm³/mol. The number of nitrogens with one attached hydrogen (secondary N) is 2. The van der Waals surface area contributed by atoms with Crippen LogP contribution in [0.3, 0.4) is 0 Å². The second-order valence-electron chi connectivity index (χ2n) is 9.74. The third-order valence-electron chi connectivity index (χ3n) is 6.87. The molecular formula is C26H21F7N6O2. The molecule has 3 aromatic heterocycles. The minimum absolute atomic E-state index is 0.0296. The van der Waals surface area contributed by atoms with Crippen LogP contribution in [-0.4, -0.2) is 30.8 Å². The Morgan fingerprint density at radius 3 is 2.37 bits per heavy atom. The van der Waals surface area contributed by atoms with Crippen molar-refractivity contribution in [3.63, 3.8) is 0 Å². The minimum atomic E-state index is -4.88. The van der Waals surface area contributed by atoms with Crippen molar-refractivity contribution < 1.29 is 30.7 Å². The summed E-state index contributed by atoms with van der Waals surface area (Å²) in [5.74, 6) is -1.06. The van der Waals surface area contributed by atoms with Crippen molar-refractivity contribution in [2.75, 3.05) is 5.32 Å². The molecule has 1 aliphatic carbocycles. The number of rotatable bonds is 8. The quantitative estimate of drug-likeness (QED) is 0.270. The molecule has 4 aromatic rings. The lowest BCUT2D eigenvalue weighted by molar-refractivity contribution is -0.139. The molecule has 1 fully saturated rings. The third-order valence-corrected chi connectivity index (χ3v) is 6.87. The number of aromatic nitrogens is 5. The second-order valence-corrected chi connectivity index (χ2v) is 9.74. The van der Waals surface area contributed by atoms with E-state index in [9.17, 15) is 40.3 Å². The van der Waals surface area contributed by atoms with Gasteiger partial charge in [0.25, 0.3) is 11.1 Å². The lowest BCUT2D eigenvalue weighted by Gasteiger charge is -2.21. The number of halogens is 7. The standard InChI is InChI=1S/C26H21F7N6O2/c27-18-9-16-14(8-17(18)22-34-10-15(11-35-22)25(28,29)30)5-7-39(24(16)41)6-1-2-19(13-3-4-13)37-20-12-36-38-23(40)21(20)26(31,32)33/h5,7-13,19H,1-4,6H2,(H2,37,38,40)/t19-/m1/s1. The maximum absolute atomic E-state index is 14.9. The molecule has 0 spiro atoms. The van der Waals surface area contributed by atoms with Crippen molar-refractivity contribution in [3.8, 4) is 11.4 Å². The Labute approximate surface area is 226 Å². The number of H-pyrrole nitrogens is 1. The molecule has 0 aliphatic heterocycles. The average molecular weight is 582 g/mol. The van der Waals surface area contributed by atoms with Gasteiger partial charge in [0.2, 0.25) is 0 Å². The van der Waals surface area contributed by atoms with E-state index >= 15 is 0 Å².